The highest BCUT2D eigenvalue weighted by Gasteiger charge is 2.03. The monoisotopic (exact) mass is 213 g/mol. The van der Waals surface area contributed by atoms with Gasteiger partial charge in [0.1, 0.15) is 0 Å². The molecule has 0 radical (unpaired) electrons. The quantitative estimate of drug-likeness (QED) is 0.818. The summed E-state index contributed by atoms with van der Waals surface area (Å²) in [6.45, 7) is 0.716. The zero-order chi connectivity index (χ0) is 11.2. The van der Waals surface area contributed by atoms with Crippen LogP contribution in [0.2, 0.25) is 0 Å². The molecule has 0 saturated carbocycles. The first kappa shape index (κ1) is 10.6. The third-order valence-electron chi connectivity index (χ3n) is 2.43. The van der Waals surface area contributed by atoms with Crippen LogP contribution in [0.15, 0.2) is 54.9 Å². The number of hydrogen-bond donors (Lipinski definition) is 2. The van der Waals surface area contributed by atoms with Crippen LogP contribution in [0, 0.1) is 0 Å². The first-order valence-electron chi connectivity index (χ1n) is 5.30. The molecule has 0 fully saturated rings. The summed E-state index contributed by atoms with van der Waals surface area (Å²) < 4.78 is 0. The molecule has 1 atom stereocenters. The predicted octanol–water partition coefficient (Wildman–Crippen LogP) is 2.19. The van der Waals surface area contributed by atoms with Crippen molar-refractivity contribution >= 4 is 5.69 Å². The molecule has 0 aliphatic heterocycles. The molecule has 82 valence electrons. The van der Waals surface area contributed by atoms with E-state index in [0.717, 1.165) is 11.3 Å². The molecule has 3 heteroatoms. The Morgan fingerprint density at radius 1 is 1.06 bits per heavy atom. The standard InChI is InChI=1S/C13H15N3/c14-13(11-4-2-1-3-5-11)10-16-12-6-8-15-9-7-12/h1-9,13H,10,14H2,(H,15,16). The summed E-state index contributed by atoms with van der Waals surface area (Å²) in [5.41, 5.74) is 8.25. The molecule has 0 aliphatic rings. The fraction of sp³-hybridized carbons (Fsp3) is 0.154. The van der Waals surface area contributed by atoms with Crippen LogP contribution in [0.1, 0.15) is 11.6 Å². The molecule has 3 nitrogen and oxygen atoms in total. The van der Waals surface area contributed by atoms with Gasteiger partial charge in [0.25, 0.3) is 0 Å². The second-order valence-corrected chi connectivity index (χ2v) is 3.63. The Bertz CT molecular complexity index is 414. The van der Waals surface area contributed by atoms with Gasteiger partial charge >= 0.3 is 0 Å². The number of anilines is 1. The molecule has 0 amide bonds. The second kappa shape index (κ2) is 5.28. The van der Waals surface area contributed by atoms with E-state index in [-0.39, 0.29) is 6.04 Å². The van der Waals surface area contributed by atoms with Gasteiger partial charge in [0.2, 0.25) is 0 Å². The Labute approximate surface area is 95.3 Å². The van der Waals surface area contributed by atoms with Crippen LogP contribution in [0.3, 0.4) is 0 Å². The highest BCUT2D eigenvalue weighted by Crippen LogP contribution is 2.11. The van der Waals surface area contributed by atoms with E-state index in [2.05, 4.69) is 10.3 Å². The normalized spacial score (nSPS) is 12.1. The summed E-state index contributed by atoms with van der Waals surface area (Å²) in [7, 11) is 0. The van der Waals surface area contributed by atoms with Crippen molar-refractivity contribution in [1.29, 1.82) is 0 Å². The van der Waals surface area contributed by atoms with Gasteiger partial charge in [-0.15, -0.1) is 0 Å². The SMILES string of the molecule is NC(CNc1ccncc1)c1ccccc1. The lowest BCUT2D eigenvalue weighted by molar-refractivity contribution is 0.764. The number of nitrogens with one attached hydrogen (secondary N) is 1. The van der Waals surface area contributed by atoms with Crippen LogP contribution in [0.5, 0.6) is 0 Å². The smallest absolute Gasteiger partial charge is 0.0470 e. The highest BCUT2D eigenvalue weighted by molar-refractivity contribution is 5.41. The molecule has 2 aromatic rings. The van der Waals surface area contributed by atoms with Crippen LogP contribution in [0.25, 0.3) is 0 Å². The lowest BCUT2D eigenvalue weighted by Gasteiger charge is -2.13. The minimum absolute atomic E-state index is 0.00867. The molecule has 1 aromatic carbocycles. The molecular weight excluding hydrogens is 198 g/mol. The summed E-state index contributed by atoms with van der Waals surface area (Å²) in [5.74, 6) is 0. The number of pyridine rings is 1. The summed E-state index contributed by atoms with van der Waals surface area (Å²) in [6, 6.07) is 13.9. The van der Waals surface area contributed by atoms with Gasteiger partial charge in [-0.25, -0.2) is 0 Å². The minimum atomic E-state index is 0.00867. The summed E-state index contributed by atoms with van der Waals surface area (Å²) in [6.07, 6.45) is 3.52. The topological polar surface area (TPSA) is 50.9 Å². The van der Waals surface area contributed by atoms with Crippen molar-refractivity contribution in [2.75, 3.05) is 11.9 Å². The van der Waals surface area contributed by atoms with E-state index in [1.807, 2.05) is 42.5 Å². The first-order chi connectivity index (χ1) is 7.86. The van der Waals surface area contributed by atoms with E-state index >= 15 is 0 Å². The fourth-order valence-electron chi connectivity index (χ4n) is 1.52. The van der Waals surface area contributed by atoms with Gasteiger partial charge in [0.15, 0.2) is 0 Å². The molecule has 3 N–H and O–H groups in total. The van der Waals surface area contributed by atoms with Crippen molar-refractivity contribution < 1.29 is 0 Å². The van der Waals surface area contributed by atoms with E-state index in [9.17, 15) is 0 Å². The van der Waals surface area contributed by atoms with Crippen LogP contribution in [-0.2, 0) is 0 Å². The van der Waals surface area contributed by atoms with Crippen molar-refractivity contribution in [2.24, 2.45) is 5.73 Å². The molecule has 0 spiro atoms. The van der Waals surface area contributed by atoms with Crippen molar-refractivity contribution in [1.82, 2.24) is 4.98 Å². The van der Waals surface area contributed by atoms with Gasteiger partial charge in [-0.05, 0) is 17.7 Å². The van der Waals surface area contributed by atoms with Crippen LogP contribution in [-0.4, -0.2) is 11.5 Å². The number of benzene rings is 1. The highest BCUT2D eigenvalue weighted by atomic mass is 14.9. The maximum atomic E-state index is 6.06. The van der Waals surface area contributed by atoms with Gasteiger partial charge in [-0.2, -0.15) is 0 Å². The van der Waals surface area contributed by atoms with E-state index < -0.39 is 0 Å². The van der Waals surface area contributed by atoms with Crippen molar-refractivity contribution in [3.63, 3.8) is 0 Å². The third-order valence-corrected chi connectivity index (χ3v) is 2.43. The molecule has 0 aliphatic carbocycles. The predicted molar refractivity (Wildman–Crippen MR) is 66.1 cm³/mol. The average molecular weight is 213 g/mol. The number of aromatic nitrogens is 1. The molecule has 2 rings (SSSR count). The molecular formula is C13H15N3. The minimum Gasteiger partial charge on any atom is -0.383 e. The van der Waals surface area contributed by atoms with E-state index in [1.54, 1.807) is 12.4 Å². The third kappa shape index (κ3) is 2.81. The van der Waals surface area contributed by atoms with Crippen LogP contribution in [0.4, 0.5) is 5.69 Å². The Hall–Kier alpha value is -1.87. The van der Waals surface area contributed by atoms with Gasteiger partial charge < -0.3 is 11.1 Å². The van der Waals surface area contributed by atoms with Gasteiger partial charge in [0.05, 0.1) is 0 Å². The average Bonchev–Trinajstić information content (AvgIpc) is 2.38. The van der Waals surface area contributed by atoms with Crippen molar-refractivity contribution in [3.8, 4) is 0 Å². The molecule has 0 bridgehead atoms. The van der Waals surface area contributed by atoms with Gasteiger partial charge in [-0.3, -0.25) is 4.98 Å². The molecule has 1 unspecified atom stereocenters. The largest absolute Gasteiger partial charge is 0.383 e. The Morgan fingerprint density at radius 2 is 1.75 bits per heavy atom. The van der Waals surface area contributed by atoms with Gasteiger partial charge in [-0.1, -0.05) is 30.3 Å². The molecule has 1 heterocycles. The van der Waals surface area contributed by atoms with Crippen LogP contribution >= 0.6 is 0 Å². The fourth-order valence-corrected chi connectivity index (χ4v) is 1.52. The van der Waals surface area contributed by atoms with Crippen molar-refractivity contribution in [3.05, 3.63) is 60.4 Å². The van der Waals surface area contributed by atoms with Crippen molar-refractivity contribution in [2.45, 2.75) is 6.04 Å². The second-order valence-electron chi connectivity index (χ2n) is 3.63. The van der Waals surface area contributed by atoms with E-state index in [1.165, 1.54) is 0 Å². The Kier molecular flexibility index (Phi) is 3.51. The maximum Gasteiger partial charge on any atom is 0.0470 e. The lowest BCUT2D eigenvalue weighted by atomic mass is 10.1. The zero-order valence-electron chi connectivity index (χ0n) is 9.01. The summed E-state index contributed by atoms with van der Waals surface area (Å²) in [5, 5.41) is 3.28. The van der Waals surface area contributed by atoms with E-state index in [4.69, 9.17) is 5.73 Å². The number of rotatable bonds is 4. The number of nitrogens with zero attached hydrogens (tertiary/aromatic N) is 1. The Balaban J connectivity index is 1.92. The zero-order valence-corrected chi connectivity index (χ0v) is 9.01. The lowest BCUT2D eigenvalue weighted by Crippen LogP contribution is -2.20. The summed E-state index contributed by atoms with van der Waals surface area (Å²) in [4.78, 5) is 3.96. The van der Waals surface area contributed by atoms with Crippen LogP contribution < -0.4 is 11.1 Å². The summed E-state index contributed by atoms with van der Waals surface area (Å²) >= 11 is 0. The molecule has 16 heavy (non-hydrogen) atoms. The van der Waals surface area contributed by atoms with E-state index in [0.29, 0.717) is 6.54 Å². The number of hydrogen-bond acceptors (Lipinski definition) is 3. The Morgan fingerprint density at radius 3 is 2.44 bits per heavy atom. The maximum absolute atomic E-state index is 6.06. The first-order valence-corrected chi connectivity index (χ1v) is 5.30. The molecule has 0 saturated heterocycles. The van der Waals surface area contributed by atoms with Gasteiger partial charge in [0, 0.05) is 30.7 Å². The molecule has 1 aromatic heterocycles. The number of nitrogens with two attached hydrogens (primary N) is 1.